The van der Waals surface area contributed by atoms with E-state index in [4.69, 9.17) is 4.52 Å². The third-order valence-electron chi connectivity index (χ3n) is 5.53. The van der Waals surface area contributed by atoms with Crippen LogP contribution in [0.25, 0.3) is 0 Å². The van der Waals surface area contributed by atoms with Crippen LogP contribution in [-0.2, 0) is 20.2 Å². The van der Waals surface area contributed by atoms with Crippen LogP contribution in [-0.4, -0.2) is 84.6 Å². The van der Waals surface area contributed by atoms with Crippen LogP contribution in [0, 0.1) is 0 Å². The summed E-state index contributed by atoms with van der Waals surface area (Å²) in [6.45, 7) is 7.63. The van der Waals surface area contributed by atoms with Gasteiger partial charge in [0.1, 0.15) is 11.8 Å². The van der Waals surface area contributed by atoms with Crippen molar-refractivity contribution in [2.45, 2.75) is 51.5 Å². The molecule has 0 radical (unpaired) electrons. The van der Waals surface area contributed by atoms with Gasteiger partial charge in [0, 0.05) is 44.2 Å². The van der Waals surface area contributed by atoms with E-state index < -0.39 is 16.1 Å². The molecule has 3 amide bonds. The maximum absolute atomic E-state index is 13.1. The summed E-state index contributed by atoms with van der Waals surface area (Å²) in [6.07, 6.45) is 3.43. The van der Waals surface area contributed by atoms with Crippen molar-refractivity contribution < 1.29 is 22.5 Å². The summed E-state index contributed by atoms with van der Waals surface area (Å²) >= 11 is 0. The monoisotopic (exact) mass is 441 g/mol. The van der Waals surface area contributed by atoms with Gasteiger partial charge in [-0.1, -0.05) is 25.9 Å². The molecule has 1 atom stereocenters. The van der Waals surface area contributed by atoms with Crippen LogP contribution in [0.4, 0.5) is 10.6 Å². The summed E-state index contributed by atoms with van der Waals surface area (Å²) in [7, 11) is -3.27. The molecular formula is C19H31N5O5S. The Balaban J connectivity index is 1.65. The first kappa shape index (κ1) is 22.5. The molecule has 2 fully saturated rings. The molecule has 2 aliphatic rings. The molecule has 2 saturated heterocycles. The minimum atomic E-state index is -3.27. The number of anilines is 1. The van der Waals surface area contributed by atoms with E-state index in [1.807, 2.05) is 20.8 Å². The van der Waals surface area contributed by atoms with Crippen LogP contribution in [0.1, 0.15) is 45.8 Å². The fourth-order valence-corrected chi connectivity index (χ4v) is 4.55. The van der Waals surface area contributed by atoms with Crippen LogP contribution in [0.5, 0.6) is 0 Å². The van der Waals surface area contributed by atoms with Gasteiger partial charge in [0.25, 0.3) is 0 Å². The van der Waals surface area contributed by atoms with E-state index in [9.17, 15) is 18.0 Å². The molecule has 3 heterocycles. The number of urea groups is 1. The first-order valence-corrected chi connectivity index (χ1v) is 12.1. The van der Waals surface area contributed by atoms with E-state index in [-0.39, 0.29) is 30.4 Å². The Hall–Kier alpha value is -2.14. The van der Waals surface area contributed by atoms with E-state index in [1.165, 1.54) is 10.6 Å². The Bertz CT molecular complexity index is 883. The van der Waals surface area contributed by atoms with Gasteiger partial charge < -0.3 is 19.6 Å². The number of rotatable bonds is 3. The number of amides is 3. The fourth-order valence-electron chi connectivity index (χ4n) is 3.72. The molecule has 0 spiro atoms. The zero-order valence-electron chi connectivity index (χ0n) is 18.0. The molecule has 10 nitrogen and oxygen atoms in total. The van der Waals surface area contributed by atoms with Crippen LogP contribution in [0.3, 0.4) is 0 Å². The van der Waals surface area contributed by atoms with Crippen LogP contribution >= 0.6 is 0 Å². The predicted molar refractivity (Wildman–Crippen MR) is 112 cm³/mol. The third-order valence-corrected chi connectivity index (χ3v) is 6.83. The molecule has 30 heavy (non-hydrogen) atoms. The third kappa shape index (κ3) is 5.12. The smallest absolute Gasteiger partial charge is 0.320 e. The molecule has 1 aromatic heterocycles. The Kier molecular flexibility index (Phi) is 6.42. The van der Waals surface area contributed by atoms with E-state index in [0.717, 1.165) is 12.8 Å². The lowest BCUT2D eigenvalue weighted by atomic mass is 9.93. The number of hydrogen-bond acceptors (Lipinski definition) is 6. The Labute approximate surface area is 177 Å². The zero-order valence-corrected chi connectivity index (χ0v) is 18.9. The van der Waals surface area contributed by atoms with E-state index in [0.29, 0.717) is 37.6 Å². The van der Waals surface area contributed by atoms with Crippen LogP contribution < -0.4 is 5.32 Å². The van der Waals surface area contributed by atoms with Crippen molar-refractivity contribution >= 4 is 27.8 Å². The molecule has 1 N–H and O–H groups in total. The maximum Gasteiger partial charge on any atom is 0.320 e. The molecule has 0 bridgehead atoms. The SMILES string of the molecule is CC(C)(C)c1cc(NC(=O)C2CCCCN2C(=O)N2CCN(S(C)(=O)=O)CC2)no1. The molecule has 0 aliphatic carbocycles. The minimum Gasteiger partial charge on any atom is -0.359 e. The molecular weight excluding hydrogens is 410 g/mol. The van der Waals surface area contributed by atoms with Gasteiger partial charge in [-0.05, 0) is 19.3 Å². The van der Waals surface area contributed by atoms with E-state index in [2.05, 4.69) is 10.5 Å². The number of carbonyl (C=O) groups is 2. The summed E-state index contributed by atoms with van der Waals surface area (Å²) in [5, 5.41) is 6.70. The first-order valence-electron chi connectivity index (χ1n) is 10.3. The predicted octanol–water partition coefficient (Wildman–Crippen LogP) is 1.46. The molecule has 2 aliphatic heterocycles. The molecule has 1 aromatic rings. The molecule has 168 valence electrons. The lowest BCUT2D eigenvalue weighted by molar-refractivity contribution is -0.121. The number of nitrogens with one attached hydrogen (secondary N) is 1. The first-order chi connectivity index (χ1) is 14.0. The summed E-state index contributed by atoms with van der Waals surface area (Å²) in [4.78, 5) is 29.2. The van der Waals surface area contributed by atoms with Crippen LogP contribution in [0.2, 0.25) is 0 Å². The summed E-state index contributed by atoms with van der Waals surface area (Å²) in [5.74, 6) is 0.717. The van der Waals surface area contributed by atoms with Crippen molar-refractivity contribution in [1.29, 1.82) is 0 Å². The fraction of sp³-hybridized carbons (Fsp3) is 0.737. The molecule has 0 aromatic carbocycles. The van der Waals surface area contributed by atoms with Gasteiger partial charge in [0.15, 0.2) is 5.82 Å². The number of piperazine rings is 1. The number of likely N-dealkylation sites (tertiary alicyclic amines) is 1. The topological polar surface area (TPSA) is 116 Å². The molecule has 0 saturated carbocycles. The Morgan fingerprint density at radius 1 is 1.13 bits per heavy atom. The standard InChI is InChI=1S/C19H31N5O5S/c1-19(2,3)15-13-16(21-29-15)20-17(25)14-7-5-6-8-24(14)18(26)22-9-11-23(12-10-22)30(4,27)28/h13-14H,5-12H2,1-4H3,(H,20,21,25). The highest BCUT2D eigenvalue weighted by Gasteiger charge is 2.36. The van der Waals surface area contributed by atoms with Crippen molar-refractivity contribution in [3.63, 3.8) is 0 Å². The van der Waals surface area contributed by atoms with Crippen molar-refractivity contribution in [3.05, 3.63) is 11.8 Å². The van der Waals surface area contributed by atoms with Crippen molar-refractivity contribution in [3.8, 4) is 0 Å². The number of carbonyl (C=O) groups excluding carboxylic acids is 2. The molecule has 3 rings (SSSR count). The van der Waals surface area contributed by atoms with Gasteiger partial charge in [-0.15, -0.1) is 0 Å². The van der Waals surface area contributed by atoms with Crippen molar-refractivity contribution in [1.82, 2.24) is 19.3 Å². The van der Waals surface area contributed by atoms with Crippen LogP contribution in [0.15, 0.2) is 10.6 Å². The highest BCUT2D eigenvalue weighted by molar-refractivity contribution is 7.88. The van der Waals surface area contributed by atoms with Crippen molar-refractivity contribution in [2.75, 3.05) is 44.3 Å². The van der Waals surface area contributed by atoms with Gasteiger partial charge in [0.05, 0.1) is 6.26 Å². The Morgan fingerprint density at radius 2 is 1.80 bits per heavy atom. The average Bonchev–Trinajstić information content (AvgIpc) is 3.16. The highest BCUT2D eigenvalue weighted by Crippen LogP contribution is 2.26. The normalized spacial score (nSPS) is 21.5. The lowest BCUT2D eigenvalue weighted by Crippen LogP contribution is -2.58. The zero-order chi connectivity index (χ0) is 22.1. The van der Waals surface area contributed by atoms with Gasteiger partial charge in [-0.3, -0.25) is 4.79 Å². The number of hydrogen-bond donors (Lipinski definition) is 1. The average molecular weight is 442 g/mol. The second kappa shape index (κ2) is 8.54. The number of piperidine rings is 1. The second-order valence-corrected chi connectivity index (χ2v) is 10.9. The minimum absolute atomic E-state index is 0.224. The number of sulfonamides is 1. The van der Waals surface area contributed by atoms with Gasteiger partial charge >= 0.3 is 6.03 Å². The van der Waals surface area contributed by atoms with Gasteiger partial charge in [-0.25, -0.2) is 13.2 Å². The molecule has 11 heteroatoms. The molecule has 1 unspecified atom stereocenters. The number of nitrogens with zero attached hydrogens (tertiary/aromatic N) is 4. The van der Waals surface area contributed by atoms with Crippen molar-refractivity contribution in [2.24, 2.45) is 0 Å². The quantitative estimate of drug-likeness (QED) is 0.759. The van der Waals surface area contributed by atoms with Gasteiger partial charge in [0.2, 0.25) is 15.9 Å². The lowest BCUT2D eigenvalue weighted by Gasteiger charge is -2.40. The van der Waals surface area contributed by atoms with E-state index in [1.54, 1.807) is 15.9 Å². The summed E-state index contributed by atoms with van der Waals surface area (Å²) < 4.78 is 30.1. The largest absolute Gasteiger partial charge is 0.359 e. The van der Waals surface area contributed by atoms with Gasteiger partial charge in [-0.2, -0.15) is 4.31 Å². The highest BCUT2D eigenvalue weighted by atomic mass is 32.2. The maximum atomic E-state index is 13.1. The number of aromatic nitrogens is 1. The summed E-state index contributed by atoms with van der Waals surface area (Å²) in [5.41, 5.74) is -0.225. The van der Waals surface area contributed by atoms with E-state index >= 15 is 0 Å². The Morgan fingerprint density at radius 3 is 2.37 bits per heavy atom. The second-order valence-electron chi connectivity index (χ2n) is 8.95. The summed E-state index contributed by atoms with van der Waals surface area (Å²) in [6, 6.07) is 0.893.